The van der Waals surface area contributed by atoms with Gasteiger partial charge in [0.15, 0.2) is 0 Å². The molecule has 2 heterocycles. The molecule has 29 heavy (non-hydrogen) atoms. The van der Waals surface area contributed by atoms with Crippen LogP contribution in [0, 0.1) is 5.82 Å². The number of carbonyl (C=O) groups is 1. The van der Waals surface area contributed by atoms with Gasteiger partial charge >= 0.3 is 5.97 Å². The summed E-state index contributed by atoms with van der Waals surface area (Å²) in [4.78, 5) is 20.5. The molecule has 146 valence electrons. The highest BCUT2D eigenvalue weighted by Crippen LogP contribution is 2.21. The SMILES string of the molecule is O=C(CCc1nc(-c2ccc(Cl)cc2)no1)OCc1ccc(F)c2cccnc12. The molecule has 2 aromatic heterocycles. The number of carbonyl (C=O) groups excluding carboxylic acids is 1. The van der Waals surface area contributed by atoms with Crippen LogP contribution in [0.1, 0.15) is 17.9 Å². The molecule has 0 aliphatic rings. The van der Waals surface area contributed by atoms with Gasteiger partial charge in [-0.1, -0.05) is 22.8 Å². The zero-order valence-corrected chi connectivity index (χ0v) is 15.9. The van der Waals surface area contributed by atoms with Gasteiger partial charge in [-0.15, -0.1) is 0 Å². The first kappa shape index (κ1) is 19.0. The summed E-state index contributed by atoms with van der Waals surface area (Å²) in [7, 11) is 0. The lowest BCUT2D eigenvalue weighted by molar-refractivity contribution is -0.144. The second-order valence-corrected chi connectivity index (χ2v) is 6.72. The number of esters is 1. The van der Waals surface area contributed by atoms with Crippen LogP contribution in [-0.2, 0) is 22.6 Å². The van der Waals surface area contributed by atoms with Crippen molar-refractivity contribution >= 4 is 28.5 Å². The first-order valence-corrected chi connectivity index (χ1v) is 9.24. The lowest BCUT2D eigenvalue weighted by Crippen LogP contribution is -2.07. The number of aryl methyl sites for hydroxylation is 1. The smallest absolute Gasteiger partial charge is 0.306 e. The average molecular weight is 412 g/mol. The quantitative estimate of drug-likeness (QED) is 0.426. The maximum absolute atomic E-state index is 13.8. The van der Waals surface area contributed by atoms with Crippen LogP contribution >= 0.6 is 11.6 Å². The van der Waals surface area contributed by atoms with Crippen molar-refractivity contribution in [3.8, 4) is 11.4 Å². The summed E-state index contributed by atoms with van der Waals surface area (Å²) >= 11 is 5.86. The van der Waals surface area contributed by atoms with Crippen LogP contribution in [0.3, 0.4) is 0 Å². The number of benzene rings is 2. The van der Waals surface area contributed by atoms with Crippen molar-refractivity contribution in [2.24, 2.45) is 0 Å². The van der Waals surface area contributed by atoms with Crippen LogP contribution in [0.2, 0.25) is 5.02 Å². The number of ether oxygens (including phenoxy) is 1. The molecule has 0 fully saturated rings. The van der Waals surface area contributed by atoms with E-state index in [1.54, 1.807) is 48.7 Å². The molecule has 6 nitrogen and oxygen atoms in total. The Morgan fingerprint density at radius 2 is 1.97 bits per heavy atom. The monoisotopic (exact) mass is 411 g/mol. The molecule has 4 rings (SSSR count). The lowest BCUT2D eigenvalue weighted by Gasteiger charge is -2.07. The van der Waals surface area contributed by atoms with Crippen molar-refractivity contribution in [3.63, 3.8) is 0 Å². The minimum atomic E-state index is -0.426. The van der Waals surface area contributed by atoms with Crippen molar-refractivity contribution in [2.45, 2.75) is 19.4 Å². The summed E-state index contributed by atoms with van der Waals surface area (Å²) in [6.07, 6.45) is 1.90. The molecule has 0 amide bonds. The van der Waals surface area contributed by atoms with E-state index in [1.165, 1.54) is 6.07 Å². The summed E-state index contributed by atoms with van der Waals surface area (Å²) < 4.78 is 24.3. The number of hydrogen-bond acceptors (Lipinski definition) is 6. The molecule has 4 aromatic rings. The number of hydrogen-bond donors (Lipinski definition) is 0. The molecule has 0 N–H and O–H groups in total. The highest BCUT2D eigenvalue weighted by atomic mass is 35.5. The Labute approximate surface area is 170 Å². The molecule has 0 bridgehead atoms. The number of fused-ring (bicyclic) bond motifs is 1. The molecule has 0 spiro atoms. The Morgan fingerprint density at radius 3 is 2.79 bits per heavy atom. The fraction of sp³-hybridized carbons (Fsp3) is 0.143. The minimum absolute atomic E-state index is 0.00643. The van der Waals surface area contributed by atoms with E-state index >= 15 is 0 Å². The first-order valence-electron chi connectivity index (χ1n) is 8.86. The Balaban J connectivity index is 1.34. The van der Waals surface area contributed by atoms with E-state index in [9.17, 15) is 9.18 Å². The van der Waals surface area contributed by atoms with Crippen LogP contribution in [0.4, 0.5) is 4.39 Å². The van der Waals surface area contributed by atoms with Crippen molar-refractivity contribution in [2.75, 3.05) is 0 Å². The molecule has 0 aliphatic carbocycles. The summed E-state index contributed by atoms with van der Waals surface area (Å²) in [5.74, 6) is -0.0320. The maximum atomic E-state index is 13.8. The van der Waals surface area contributed by atoms with Crippen molar-refractivity contribution < 1.29 is 18.4 Å². The van der Waals surface area contributed by atoms with Crippen molar-refractivity contribution in [1.29, 1.82) is 0 Å². The van der Waals surface area contributed by atoms with E-state index in [-0.39, 0.29) is 25.3 Å². The summed E-state index contributed by atoms with van der Waals surface area (Å²) in [5.41, 5.74) is 1.88. The highest BCUT2D eigenvalue weighted by molar-refractivity contribution is 6.30. The van der Waals surface area contributed by atoms with Crippen LogP contribution in [0.15, 0.2) is 59.3 Å². The molecule has 0 unspecified atom stereocenters. The number of rotatable bonds is 6. The number of aromatic nitrogens is 3. The van der Waals surface area contributed by atoms with Gasteiger partial charge in [0, 0.05) is 34.2 Å². The van der Waals surface area contributed by atoms with Crippen LogP contribution in [0.5, 0.6) is 0 Å². The predicted molar refractivity (Wildman–Crippen MR) is 105 cm³/mol. The molecule has 0 aliphatic heterocycles. The van der Waals surface area contributed by atoms with Crippen molar-refractivity contribution in [3.05, 3.63) is 77.0 Å². The van der Waals surface area contributed by atoms with E-state index in [1.807, 2.05) is 0 Å². The molecule has 8 heteroatoms. The van der Waals surface area contributed by atoms with Gasteiger partial charge < -0.3 is 9.26 Å². The third kappa shape index (κ3) is 4.41. The van der Waals surface area contributed by atoms with Gasteiger partial charge in [-0.25, -0.2) is 4.39 Å². The zero-order chi connectivity index (χ0) is 20.2. The molecule has 0 saturated carbocycles. The van der Waals surface area contributed by atoms with Gasteiger partial charge in [-0.05, 0) is 42.5 Å². The number of halogens is 2. The highest BCUT2D eigenvalue weighted by Gasteiger charge is 2.13. The summed E-state index contributed by atoms with van der Waals surface area (Å²) in [5, 5.41) is 4.91. The third-order valence-electron chi connectivity index (χ3n) is 4.30. The number of nitrogens with zero attached hydrogens (tertiary/aromatic N) is 3. The van der Waals surface area contributed by atoms with Gasteiger partial charge in [0.2, 0.25) is 11.7 Å². The third-order valence-corrected chi connectivity index (χ3v) is 4.55. The minimum Gasteiger partial charge on any atom is -0.461 e. The lowest BCUT2D eigenvalue weighted by atomic mass is 10.1. The second-order valence-electron chi connectivity index (χ2n) is 6.29. The van der Waals surface area contributed by atoms with Crippen LogP contribution in [-0.4, -0.2) is 21.1 Å². The average Bonchev–Trinajstić information content (AvgIpc) is 3.21. The van der Waals surface area contributed by atoms with Crippen molar-refractivity contribution in [1.82, 2.24) is 15.1 Å². The predicted octanol–water partition coefficient (Wildman–Crippen LogP) is 4.75. The van der Waals surface area contributed by atoms with E-state index in [0.717, 1.165) is 5.56 Å². The second kappa shape index (κ2) is 8.36. The molecule has 2 aromatic carbocycles. The van der Waals surface area contributed by atoms with Gasteiger partial charge in [-0.3, -0.25) is 9.78 Å². The zero-order valence-electron chi connectivity index (χ0n) is 15.1. The van der Waals surface area contributed by atoms with Gasteiger partial charge in [0.05, 0.1) is 11.9 Å². The van der Waals surface area contributed by atoms with E-state index in [4.69, 9.17) is 20.9 Å². The van der Waals surface area contributed by atoms with E-state index < -0.39 is 5.97 Å². The standard InChI is InChI=1S/C21H15ClFN3O3/c22-15-6-3-13(4-7-15)21-25-18(29-26-21)9-10-19(27)28-12-14-5-8-17(23)16-2-1-11-24-20(14)16/h1-8,11H,9-10,12H2. The maximum Gasteiger partial charge on any atom is 0.306 e. The molecular weight excluding hydrogens is 397 g/mol. The molecular formula is C21H15ClFN3O3. The normalized spacial score (nSPS) is 11.0. The topological polar surface area (TPSA) is 78.1 Å². The molecule has 0 atom stereocenters. The van der Waals surface area contributed by atoms with Gasteiger partial charge in [-0.2, -0.15) is 4.98 Å². The fourth-order valence-electron chi connectivity index (χ4n) is 2.82. The van der Waals surface area contributed by atoms with Gasteiger partial charge in [0.25, 0.3) is 0 Å². The van der Waals surface area contributed by atoms with E-state index in [2.05, 4.69) is 15.1 Å². The molecule has 0 radical (unpaired) electrons. The van der Waals surface area contributed by atoms with Gasteiger partial charge in [0.1, 0.15) is 12.4 Å². The fourth-order valence-corrected chi connectivity index (χ4v) is 2.95. The van der Waals surface area contributed by atoms with E-state index in [0.29, 0.717) is 33.2 Å². The Bertz CT molecular complexity index is 1160. The molecule has 0 saturated heterocycles. The number of pyridine rings is 1. The summed E-state index contributed by atoms with van der Waals surface area (Å²) in [6, 6.07) is 13.2. The Hall–Kier alpha value is -3.32. The Morgan fingerprint density at radius 1 is 1.14 bits per heavy atom. The first-order chi connectivity index (χ1) is 14.1. The van der Waals surface area contributed by atoms with Crippen LogP contribution in [0.25, 0.3) is 22.3 Å². The Kier molecular flexibility index (Phi) is 5.48. The van der Waals surface area contributed by atoms with Crippen LogP contribution < -0.4 is 0 Å². The largest absolute Gasteiger partial charge is 0.461 e. The summed E-state index contributed by atoms with van der Waals surface area (Å²) in [6.45, 7) is 0.00643.